The molecule has 0 bridgehead atoms. The average molecular weight is 296 g/mol. The Hall–Kier alpha value is -0.980. The minimum Gasteiger partial charge on any atom is -0.481 e. The summed E-state index contributed by atoms with van der Waals surface area (Å²) in [4.78, 5) is 0. The van der Waals surface area contributed by atoms with E-state index in [1.807, 2.05) is 18.2 Å². The zero-order valence-electron chi connectivity index (χ0n) is 10.5. The normalized spacial score (nSPS) is 10.6. The molecule has 0 aliphatic rings. The SMILES string of the molecule is CC(C)(C)C#CCOc1ccc(Br)cc1CN. The van der Waals surface area contributed by atoms with Crippen molar-refractivity contribution in [1.29, 1.82) is 0 Å². The van der Waals surface area contributed by atoms with Gasteiger partial charge in [0.25, 0.3) is 0 Å². The van der Waals surface area contributed by atoms with Crippen LogP contribution in [0.5, 0.6) is 5.75 Å². The first kappa shape index (κ1) is 14.1. The van der Waals surface area contributed by atoms with Gasteiger partial charge in [0.2, 0.25) is 0 Å². The Bertz CT molecular complexity index is 438. The molecule has 1 aromatic rings. The quantitative estimate of drug-likeness (QED) is 0.868. The van der Waals surface area contributed by atoms with E-state index in [-0.39, 0.29) is 5.41 Å². The molecule has 0 heterocycles. The summed E-state index contributed by atoms with van der Waals surface area (Å²) in [6, 6.07) is 5.81. The van der Waals surface area contributed by atoms with Crippen molar-refractivity contribution in [2.45, 2.75) is 27.3 Å². The summed E-state index contributed by atoms with van der Waals surface area (Å²) in [5.41, 5.74) is 6.65. The first-order chi connectivity index (χ1) is 7.92. The topological polar surface area (TPSA) is 35.2 Å². The number of nitrogens with two attached hydrogens (primary N) is 1. The van der Waals surface area contributed by atoms with Crippen molar-refractivity contribution < 1.29 is 4.74 Å². The molecule has 2 nitrogen and oxygen atoms in total. The van der Waals surface area contributed by atoms with E-state index in [1.165, 1.54) is 0 Å². The lowest BCUT2D eigenvalue weighted by Gasteiger charge is -2.09. The number of halogens is 1. The highest BCUT2D eigenvalue weighted by Gasteiger charge is 2.04. The molecule has 0 aromatic heterocycles. The molecule has 0 atom stereocenters. The smallest absolute Gasteiger partial charge is 0.149 e. The summed E-state index contributed by atoms with van der Waals surface area (Å²) in [5.74, 6) is 6.94. The van der Waals surface area contributed by atoms with E-state index in [9.17, 15) is 0 Å². The molecule has 0 radical (unpaired) electrons. The van der Waals surface area contributed by atoms with Gasteiger partial charge in [0.05, 0.1) is 0 Å². The van der Waals surface area contributed by atoms with Crippen LogP contribution in [0, 0.1) is 17.3 Å². The van der Waals surface area contributed by atoms with Gasteiger partial charge >= 0.3 is 0 Å². The largest absolute Gasteiger partial charge is 0.481 e. The minimum atomic E-state index is 0.0137. The zero-order valence-corrected chi connectivity index (χ0v) is 12.1. The summed E-state index contributed by atoms with van der Waals surface area (Å²) in [6.07, 6.45) is 0. The lowest BCUT2D eigenvalue weighted by molar-refractivity contribution is 0.365. The molecule has 0 amide bonds. The van der Waals surface area contributed by atoms with Crippen LogP contribution < -0.4 is 10.5 Å². The Morgan fingerprint density at radius 2 is 2.06 bits per heavy atom. The van der Waals surface area contributed by atoms with Gasteiger partial charge in [-0.3, -0.25) is 0 Å². The van der Waals surface area contributed by atoms with E-state index in [1.54, 1.807) is 0 Å². The molecule has 0 saturated carbocycles. The lowest BCUT2D eigenvalue weighted by atomic mass is 9.98. The second-order valence-electron chi connectivity index (χ2n) is 4.80. The monoisotopic (exact) mass is 295 g/mol. The number of benzene rings is 1. The molecule has 0 unspecified atom stereocenters. The van der Waals surface area contributed by atoms with Gasteiger partial charge in [-0.1, -0.05) is 27.8 Å². The summed E-state index contributed by atoms with van der Waals surface area (Å²) >= 11 is 3.41. The molecule has 1 aromatic carbocycles. The maximum absolute atomic E-state index is 5.66. The van der Waals surface area contributed by atoms with Crippen molar-refractivity contribution in [2.24, 2.45) is 11.1 Å². The van der Waals surface area contributed by atoms with Gasteiger partial charge in [-0.15, -0.1) is 0 Å². The van der Waals surface area contributed by atoms with Crippen molar-refractivity contribution >= 4 is 15.9 Å². The van der Waals surface area contributed by atoms with Crippen molar-refractivity contribution in [3.8, 4) is 17.6 Å². The number of hydrogen-bond donors (Lipinski definition) is 1. The zero-order chi connectivity index (χ0) is 12.9. The summed E-state index contributed by atoms with van der Waals surface area (Å²) < 4.78 is 6.61. The van der Waals surface area contributed by atoms with Crippen molar-refractivity contribution in [3.63, 3.8) is 0 Å². The second-order valence-corrected chi connectivity index (χ2v) is 5.71. The molecule has 0 aliphatic carbocycles. The van der Waals surface area contributed by atoms with Crippen LogP contribution in [0.25, 0.3) is 0 Å². The molecular weight excluding hydrogens is 278 g/mol. The van der Waals surface area contributed by atoms with E-state index >= 15 is 0 Å². The number of hydrogen-bond acceptors (Lipinski definition) is 2. The molecule has 0 spiro atoms. The fourth-order valence-electron chi connectivity index (χ4n) is 1.26. The molecule has 0 aliphatic heterocycles. The van der Waals surface area contributed by atoms with Crippen LogP contribution in [0.3, 0.4) is 0 Å². The highest BCUT2D eigenvalue weighted by Crippen LogP contribution is 2.22. The van der Waals surface area contributed by atoms with E-state index in [0.717, 1.165) is 15.8 Å². The van der Waals surface area contributed by atoms with Crippen LogP contribution in [0.1, 0.15) is 26.3 Å². The maximum atomic E-state index is 5.66. The summed E-state index contributed by atoms with van der Waals surface area (Å²) in [7, 11) is 0. The van der Waals surface area contributed by atoms with Crippen LogP contribution in [-0.2, 0) is 6.54 Å². The molecule has 17 heavy (non-hydrogen) atoms. The average Bonchev–Trinajstić information content (AvgIpc) is 2.24. The Morgan fingerprint density at radius 3 is 2.65 bits per heavy atom. The van der Waals surface area contributed by atoms with Crippen molar-refractivity contribution in [1.82, 2.24) is 0 Å². The number of rotatable bonds is 3. The van der Waals surface area contributed by atoms with Gasteiger partial charge in [0.1, 0.15) is 12.4 Å². The third-order valence-corrected chi connectivity index (χ3v) is 2.50. The predicted octanol–water partition coefficient (Wildman–Crippen LogP) is 3.34. The van der Waals surface area contributed by atoms with Gasteiger partial charge < -0.3 is 10.5 Å². The van der Waals surface area contributed by atoms with Gasteiger partial charge in [0, 0.05) is 22.0 Å². The van der Waals surface area contributed by atoms with Crippen molar-refractivity contribution in [2.75, 3.05) is 6.61 Å². The predicted molar refractivity (Wildman–Crippen MR) is 74.8 cm³/mol. The molecule has 92 valence electrons. The highest BCUT2D eigenvalue weighted by molar-refractivity contribution is 9.10. The van der Waals surface area contributed by atoms with Gasteiger partial charge in [-0.05, 0) is 39.0 Å². The number of ether oxygens (including phenoxy) is 1. The fraction of sp³-hybridized carbons (Fsp3) is 0.429. The van der Waals surface area contributed by atoms with E-state index in [2.05, 4.69) is 48.5 Å². The van der Waals surface area contributed by atoms with Crippen LogP contribution >= 0.6 is 15.9 Å². The first-order valence-electron chi connectivity index (χ1n) is 5.54. The Labute approximate surface area is 112 Å². The Balaban J connectivity index is 2.66. The molecule has 0 saturated heterocycles. The molecule has 1 rings (SSSR count). The molecule has 0 fully saturated rings. The van der Waals surface area contributed by atoms with Crippen LogP contribution in [0.2, 0.25) is 0 Å². The van der Waals surface area contributed by atoms with Gasteiger partial charge in [-0.25, -0.2) is 0 Å². The van der Waals surface area contributed by atoms with Gasteiger partial charge in [0.15, 0.2) is 0 Å². The lowest BCUT2D eigenvalue weighted by Crippen LogP contribution is -2.04. The maximum Gasteiger partial charge on any atom is 0.149 e. The minimum absolute atomic E-state index is 0.0137. The van der Waals surface area contributed by atoms with Crippen LogP contribution in [0.4, 0.5) is 0 Å². The summed E-state index contributed by atoms with van der Waals surface area (Å²) in [6.45, 7) is 7.08. The second kappa shape index (κ2) is 6.09. The molecular formula is C14H18BrNO. The third-order valence-electron chi connectivity index (χ3n) is 2.01. The molecule has 2 N–H and O–H groups in total. The third kappa shape index (κ3) is 5.25. The van der Waals surface area contributed by atoms with Crippen LogP contribution in [-0.4, -0.2) is 6.61 Å². The molecule has 3 heteroatoms. The van der Waals surface area contributed by atoms with Gasteiger partial charge in [-0.2, -0.15) is 0 Å². The van der Waals surface area contributed by atoms with E-state index < -0.39 is 0 Å². The highest BCUT2D eigenvalue weighted by atomic mass is 79.9. The van der Waals surface area contributed by atoms with E-state index in [0.29, 0.717) is 13.2 Å². The van der Waals surface area contributed by atoms with Crippen molar-refractivity contribution in [3.05, 3.63) is 28.2 Å². The van der Waals surface area contributed by atoms with E-state index in [4.69, 9.17) is 10.5 Å². The van der Waals surface area contributed by atoms with Crippen LogP contribution in [0.15, 0.2) is 22.7 Å². The fourth-order valence-corrected chi connectivity index (χ4v) is 1.67. The Kier molecular flexibility index (Phi) is 5.04. The Morgan fingerprint density at radius 1 is 1.35 bits per heavy atom. The summed E-state index contributed by atoms with van der Waals surface area (Å²) in [5, 5.41) is 0. The standard InChI is InChI=1S/C14H18BrNO/c1-14(2,3)7-4-8-17-13-6-5-12(15)9-11(13)10-16/h5-6,9H,8,10,16H2,1-3H3. The first-order valence-corrected chi connectivity index (χ1v) is 6.33.